The van der Waals surface area contributed by atoms with E-state index in [-0.39, 0.29) is 56.0 Å². The molecule has 0 aliphatic rings. The second-order valence-electron chi connectivity index (χ2n) is 12.3. The summed E-state index contributed by atoms with van der Waals surface area (Å²) in [6.07, 6.45) is 18.5. The van der Waals surface area contributed by atoms with Gasteiger partial charge in [0.15, 0.2) is 0 Å². The fourth-order valence-corrected chi connectivity index (χ4v) is 5.57. The predicted molar refractivity (Wildman–Crippen MR) is 195 cm³/mol. The van der Waals surface area contributed by atoms with Crippen LogP contribution in [-0.4, -0.2) is 61.3 Å². The quantitative estimate of drug-likeness (QED) is 0.0556. The van der Waals surface area contributed by atoms with Crippen molar-refractivity contribution in [1.29, 1.82) is 0 Å². The molecule has 1 aromatic carbocycles. The van der Waals surface area contributed by atoms with Gasteiger partial charge in [-0.1, -0.05) is 135 Å². The van der Waals surface area contributed by atoms with Gasteiger partial charge in [-0.2, -0.15) is 12.6 Å². The first-order chi connectivity index (χ1) is 22.4. The number of amides is 1. The Hall–Kier alpha value is -2.06. The van der Waals surface area contributed by atoms with E-state index >= 15 is 0 Å². The molecule has 0 saturated carbocycles. The van der Waals surface area contributed by atoms with Crippen molar-refractivity contribution in [3.63, 3.8) is 0 Å². The Bertz CT molecular complexity index is 843. The Morgan fingerprint density at radius 2 is 1.07 bits per heavy atom. The largest absolute Gasteiger partial charge is 0.464 e. The Morgan fingerprint density at radius 3 is 1.48 bits per heavy atom. The van der Waals surface area contributed by atoms with Crippen LogP contribution in [0.2, 0.25) is 0 Å². The zero-order valence-corrected chi connectivity index (χ0v) is 30.9. The average Bonchev–Trinajstić information content (AvgIpc) is 3.07. The molecule has 1 aromatic rings. The standard InChI is InChI=1S/C37H64N2O5.CH4S/c1-5-9-13-18-24-32(22-11-7-3)36(41)43-28-26-39(35(40)34(38)30-31-20-16-15-17-21-31)27-29-44-37(42)33(23-12-8-4)25-19-14-10-6-2;1-2/h15-17,20-21,32-34H,5-14,18-19,22-30,38H2,1-4H3;2H,1H3. The van der Waals surface area contributed by atoms with Crippen molar-refractivity contribution in [1.82, 2.24) is 4.90 Å². The van der Waals surface area contributed by atoms with Crippen molar-refractivity contribution in [3.8, 4) is 0 Å². The summed E-state index contributed by atoms with van der Waals surface area (Å²) in [5.74, 6) is -0.789. The molecule has 0 spiro atoms. The third-order valence-corrected chi connectivity index (χ3v) is 8.43. The van der Waals surface area contributed by atoms with E-state index in [9.17, 15) is 14.4 Å². The molecule has 1 rings (SSSR count). The number of carbonyl (C=O) groups is 3. The van der Waals surface area contributed by atoms with Crippen molar-refractivity contribution >= 4 is 30.5 Å². The Morgan fingerprint density at radius 1 is 0.652 bits per heavy atom. The average molecular weight is 665 g/mol. The molecule has 8 heteroatoms. The predicted octanol–water partition coefficient (Wildman–Crippen LogP) is 8.57. The monoisotopic (exact) mass is 664 g/mol. The van der Waals surface area contributed by atoms with Gasteiger partial charge in [0, 0.05) is 0 Å². The molecule has 2 N–H and O–H groups in total. The van der Waals surface area contributed by atoms with E-state index in [4.69, 9.17) is 15.2 Å². The molecule has 1 amide bonds. The van der Waals surface area contributed by atoms with Crippen LogP contribution in [0, 0.1) is 11.8 Å². The SMILES string of the molecule is CCCCCCC(CCCC)C(=O)OCCN(CCOC(=O)C(CCCC)CCCCCC)C(=O)C(N)Cc1ccccc1.CS. The molecular weight excluding hydrogens is 596 g/mol. The molecule has 3 atom stereocenters. The van der Waals surface area contributed by atoms with Gasteiger partial charge in [-0.15, -0.1) is 0 Å². The lowest BCUT2D eigenvalue weighted by Crippen LogP contribution is -2.47. The van der Waals surface area contributed by atoms with E-state index in [2.05, 4.69) is 40.3 Å². The fourth-order valence-electron chi connectivity index (χ4n) is 5.57. The Labute approximate surface area is 287 Å². The minimum atomic E-state index is -0.740. The summed E-state index contributed by atoms with van der Waals surface area (Å²) < 4.78 is 11.5. The molecule has 0 radical (unpaired) electrons. The maximum absolute atomic E-state index is 13.5. The molecule has 0 heterocycles. The van der Waals surface area contributed by atoms with E-state index in [0.717, 1.165) is 95.5 Å². The van der Waals surface area contributed by atoms with Crippen molar-refractivity contribution in [3.05, 3.63) is 35.9 Å². The van der Waals surface area contributed by atoms with Crippen LogP contribution in [0.25, 0.3) is 0 Å². The Balaban J connectivity index is 0.00000991. The molecule has 266 valence electrons. The first kappa shape index (κ1) is 43.9. The van der Waals surface area contributed by atoms with Gasteiger partial charge in [-0.3, -0.25) is 14.4 Å². The molecule has 3 unspecified atom stereocenters. The minimum absolute atomic E-state index is 0.102. The van der Waals surface area contributed by atoms with Gasteiger partial charge in [0.2, 0.25) is 5.91 Å². The van der Waals surface area contributed by atoms with Crippen LogP contribution in [0.1, 0.15) is 136 Å². The number of nitrogens with zero attached hydrogens (tertiary/aromatic N) is 1. The summed E-state index contributed by atoms with van der Waals surface area (Å²) in [4.78, 5) is 41.1. The fraction of sp³-hybridized carbons (Fsp3) is 0.763. The Kier molecular flexibility index (Phi) is 28.9. The topological polar surface area (TPSA) is 98.9 Å². The van der Waals surface area contributed by atoms with Gasteiger partial charge in [-0.05, 0) is 43.9 Å². The summed E-state index contributed by atoms with van der Waals surface area (Å²) in [5, 5.41) is 0. The van der Waals surface area contributed by atoms with Crippen LogP contribution >= 0.6 is 12.6 Å². The normalized spacial score (nSPS) is 12.8. The van der Waals surface area contributed by atoms with Gasteiger partial charge >= 0.3 is 11.9 Å². The van der Waals surface area contributed by atoms with Crippen LogP contribution in [0.5, 0.6) is 0 Å². The number of hydrogen-bond donors (Lipinski definition) is 2. The van der Waals surface area contributed by atoms with Gasteiger partial charge in [0.05, 0.1) is 31.0 Å². The number of unbranched alkanes of at least 4 members (excludes halogenated alkanes) is 8. The van der Waals surface area contributed by atoms with Crippen LogP contribution in [-0.2, 0) is 30.3 Å². The third-order valence-electron chi connectivity index (χ3n) is 8.43. The van der Waals surface area contributed by atoms with E-state index in [1.807, 2.05) is 30.3 Å². The van der Waals surface area contributed by atoms with Crippen LogP contribution in [0.15, 0.2) is 30.3 Å². The summed E-state index contributed by atoms with van der Waals surface area (Å²) in [7, 11) is 0. The highest BCUT2D eigenvalue weighted by Gasteiger charge is 2.25. The lowest BCUT2D eigenvalue weighted by atomic mass is 9.95. The highest BCUT2D eigenvalue weighted by Crippen LogP contribution is 2.20. The molecule has 0 saturated heterocycles. The van der Waals surface area contributed by atoms with Gasteiger partial charge in [-0.25, -0.2) is 0 Å². The number of ether oxygens (including phenoxy) is 2. The van der Waals surface area contributed by atoms with Crippen LogP contribution in [0.3, 0.4) is 0 Å². The van der Waals surface area contributed by atoms with Crippen molar-refractivity contribution < 1.29 is 23.9 Å². The molecule has 7 nitrogen and oxygen atoms in total. The number of nitrogens with two attached hydrogens (primary N) is 1. The summed E-state index contributed by atoms with van der Waals surface area (Å²) >= 11 is 3.53. The molecule has 0 aliphatic heterocycles. The van der Waals surface area contributed by atoms with Crippen molar-refractivity contribution in [2.75, 3.05) is 32.6 Å². The van der Waals surface area contributed by atoms with E-state index in [0.29, 0.717) is 6.42 Å². The van der Waals surface area contributed by atoms with E-state index < -0.39 is 6.04 Å². The van der Waals surface area contributed by atoms with Gasteiger partial charge in [0.25, 0.3) is 0 Å². The summed E-state index contributed by atoms with van der Waals surface area (Å²) in [6, 6.07) is 8.95. The number of benzene rings is 1. The van der Waals surface area contributed by atoms with Gasteiger partial charge in [0.1, 0.15) is 13.2 Å². The second kappa shape index (κ2) is 30.3. The second-order valence-corrected chi connectivity index (χ2v) is 12.3. The minimum Gasteiger partial charge on any atom is -0.464 e. The number of hydrogen-bond acceptors (Lipinski definition) is 7. The maximum Gasteiger partial charge on any atom is 0.308 e. The smallest absolute Gasteiger partial charge is 0.308 e. The highest BCUT2D eigenvalue weighted by molar-refractivity contribution is 7.79. The first-order valence-electron chi connectivity index (χ1n) is 18.2. The molecule has 46 heavy (non-hydrogen) atoms. The van der Waals surface area contributed by atoms with E-state index in [1.165, 1.54) is 12.8 Å². The third kappa shape index (κ3) is 20.9. The molecule has 0 bridgehead atoms. The number of rotatable bonds is 27. The lowest BCUT2D eigenvalue weighted by Gasteiger charge is -2.26. The van der Waals surface area contributed by atoms with Gasteiger partial charge < -0.3 is 20.1 Å². The number of carbonyl (C=O) groups excluding carboxylic acids is 3. The zero-order valence-electron chi connectivity index (χ0n) is 30.0. The molecule has 0 aromatic heterocycles. The van der Waals surface area contributed by atoms with Crippen molar-refractivity contribution in [2.24, 2.45) is 17.6 Å². The highest BCUT2D eigenvalue weighted by atomic mass is 32.1. The first-order valence-corrected chi connectivity index (χ1v) is 19.1. The summed E-state index contributed by atoms with van der Waals surface area (Å²) in [5.41, 5.74) is 7.35. The van der Waals surface area contributed by atoms with Crippen molar-refractivity contribution in [2.45, 2.75) is 143 Å². The molecular formula is C38H68N2O5S. The van der Waals surface area contributed by atoms with E-state index in [1.54, 1.807) is 11.2 Å². The maximum atomic E-state index is 13.5. The summed E-state index contributed by atoms with van der Waals surface area (Å²) in [6.45, 7) is 9.27. The molecule has 0 fully saturated rings. The lowest BCUT2D eigenvalue weighted by molar-refractivity contribution is -0.152. The molecule has 0 aliphatic carbocycles. The number of thiol groups is 1. The van der Waals surface area contributed by atoms with Crippen LogP contribution in [0.4, 0.5) is 0 Å². The number of esters is 2. The zero-order chi connectivity index (χ0) is 34.4. The van der Waals surface area contributed by atoms with Crippen LogP contribution < -0.4 is 5.73 Å².